The monoisotopic (exact) mass is 347 g/mol. The van der Waals surface area contributed by atoms with Crippen molar-refractivity contribution in [2.45, 2.75) is 64.0 Å². The highest BCUT2D eigenvalue weighted by molar-refractivity contribution is 6.32. The highest BCUT2D eigenvalue weighted by Crippen LogP contribution is 2.41. The molecule has 2 saturated carbocycles. The van der Waals surface area contributed by atoms with Crippen LogP contribution in [0.3, 0.4) is 0 Å². The molecule has 0 saturated heterocycles. The lowest BCUT2D eigenvalue weighted by atomic mass is 9.81. The maximum Gasteiger partial charge on any atom is 0.391 e. The standard InChI is InChI=1S/C20H25BF3N/c1-13-2-6-15(10-13)19-16(11-18(21)12-25-19)7-3-14-4-8-17(9-5-14)20(22,23)24/h3,7,11-15,17H,2,4-6,8-10H2,1H3/b7-3+. The van der Waals surface area contributed by atoms with E-state index in [1.54, 1.807) is 6.20 Å². The summed E-state index contributed by atoms with van der Waals surface area (Å²) in [6.45, 7) is 2.27. The number of rotatable bonds is 3. The summed E-state index contributed by atoms with van der Waals surface area (Å²) in [6, 6.07) is 1.95. The van der Waals surface area contributed by atoms with E-state index in [2.05, 4.69) is 18.0 Å². The minimum absolute atomic E-state index is 0.218. The smallest absolute Gasteiger partial charge is 0.261 e. The van der Waals surface area contributed by atoms with Crippen molar-refractivity contribution in [1.82, 2.24) is 4.98 Å². The van der Waals surface area contributed by atoms with E-state index in [9.17, 15) is 13.2 Å². The minimum Gasteiger partial charge on any atom is -0.261 e. The number of hydrogen-bond acceptors (Lipinski definition) is 1. The second kappa shape index (κ2) is 7.55. The lowest BCUT2D eigenvalue weighted by Gasteiger charge is -2.28. The Kier molecular flexibility index (Phi) is 5.60. The van der Waals surface area contributed by atoms with E-state index in [1.807, 2.05) is 12.1 Å². The SMILES string of the molecule is [B]c1cnc(C2CCC(C)C2)c(/C=C/C2CCC(C(F)(F)F)CC2)c1. The highest BCUT2D eigenvalue weighted by Gasteiger charge is 2.41. The largest absolute Gasteiger partial charge is 0.391 e. The molecule has 25 heavy (non-hydrogen) atoms. The van der Waals surface area contributed by atoms with E-state index < -0.39 is 12.1 Å². The van der Waals surface area contributed by atoms with Gasteiger partial charge in [0, 0.05) is 12.1 Å². The maximum atomic E-state index is 12.8. The predicted molar refractivity (Wildman–Crippen MR) is 95.9 cm³/mol. The Balaban J connectivity index is 1.68. The van der Waals surface area contributed by atoms with E-state index in [0.29, 0.717) is 24.2 Å². The van der Waals surface area contributed by atoms with Crippen molar-refractivity contribution in [3.05, 3.63) is 29.6 Å². The van der Waals surface area contributed by atoms with E-state index in [4.69, 9.17) is 7.85 Å². The van der Waals surface area contributed by atoms with Gasteiger partial charge in [0.1, 0.15) is 7.85 Å². The molecule has 2 fully saturated rings. The first-order chi connectivity index (χ1) is 11.8. The molecule has 2 radical (unpaired) electrons. The van der Waals surface area contributed by atoms with E-state index in [1.165, 1.54) is 6.42 Å². The number of nitrogens with zero attached hydrogens (tertiary/aromatic N) is 1. The van der Waals surface area contributed by atoms with Gasteiger partial charge in [0.05, 0.1) is 11.6 Å². The molecule has 0 bridgehead atoms. The van der Waals surface area contributed by atoms with Crippen molar-refractivity contribution >= 4 is 19.4 Å². The number of pyridine rings is 1. The number of allylic oxidation sites excluding steroid dienone is 1. The Morgan fingerprint density at radius 3 is 2.44 bits per heavy atom. The fourth-order valence-electron chi connectivity index (χ4n) is 4.32. The van der Waals surface area contributed by atoms with Gasteiger partial charge in [-0.2, -0.15) is 13.2 Å². The molecule has 1 nitrogen and oxygen atoms in total. The molecule has 3 rings (SSSR count). The molecule has 0 spiro atoms. The first-order valence-electron chi connectivity index (χ1n) is 9.33. The minimum atomic E-state index is -4.04. The van der Waals surface area contributed by atoms with Crippen molar-refractivity contribution in [2.24, 2.45) is 17.8 Å². The molecule has 5 heteroatoms. The van der Waals surface area contributed by atoms with Crippen LogP contribution in [0.1, 0.15) is 69.0 Å². The normalized spacial score (nSPS) is 30.9. The maximum absolute atomic E-state index is 12.8. The molecular weight excluding hydrogens is 322 g/mol. The first-order valence-corrected chi connectivity index (χ1v) is 9.33. The van der Waals surface area contributed by atoms with Gasteiger partial charge in [0.2, 0.25) is 0 Å². The van der Waals surface area contributed by atoms with Gasteiger partial charge in [0.25, 0.3) is 0 Å². The zero-order chi connectivity index (χ0) is 18.0. The number of hydrogen-bond donors (Lipinski definition) is 0. The van der Waals surface area contributed by atoms with Gasteiger partial charge >= 0.3 is 6.18 Å². The molecule has 1 heterocycles. The van der Waals surface area contributed by atoms with Crippen LogP contribution in [0, 0.1) is 17.8 Å². The Hall–Kier alpha value is -1.26. The molecule has 134 valence electrons. The zero-order valence-corrected chi connectivity index (χ0v) is 14.7. The second-order valence-corrected chi connectivity index (χ2v) is 7.87. The molecule has 2 aliphatic rings. The third-order valence-electron chi connectivity index (χ3n) is 5.83. The van der Waals surface area contributed by atoms with Gasteiger partial charge in [-0.25, -0.2) is 0 Å². The average Bonchev–Trinajstić information content (AvgIpc) is 2.99. The van der Waals surface area contributed by atoms with Crippen molar-refractivity contribution in [2.75, 3.05) is 0 Å². The molecule has 2 aliphatic carbocycles. The summed E-state index contributed by atoms with van der Waals surface area (Å²) in [5, 5.41) is 0. The van der Waals surface area contributed by atoms with Gasteiger partial charge in [-0.1, -0.05) is 37.0 Å². The van der Waals surface area contributed by atoms with Crippen LogP contribution in [0.4, 0.5) is 13.2 Å². The van der Waals surface area contributed by atoms with Crippen LogP contribution < -0.4 is 5.46 Å². The van der Waals surface area contributed by atoms with Crippen LogP contribution >= 0.6 is 0 Å². The van der Waals surface area contributed by atoms with Crippen LogP contribution in [0.2, 0.25) is 0 Å². The topological polar surface area (TPSA) is 12.9 Å². The van der Waals surface area contributed by atoms with Crippen LogP contribution in [0.25, 0.3) is 6.08 Å². The molecule has 0 amide bonds. The first kappa shape index (κ1) is 18.5. The number of halogens is 3. The number of aromatic nitrogens is 1. The summed E-state index contributed by atoms with van der Waals surface area (Å²) in [5.74, 6) is 0.284. The lowest BCUT2D eigenvalue weighted by Crippen LogP contribution is -2.27. The summed E-state index contributed by atoms with van der Waals surface area (Å²) in [7, 11) is 5.91. The fourth-order valence-corrected chi connectivity index (χ4v) is 4.32. The van der Waals surface area contributed by atoms with Crippen molar-refractivity contribution in [1.29, 1.82) is 0 Å². The Morgan fingerprint density at radius 2 is 1.84 bits per heavy atom. The molecule has 0 aliphatic heterocycles. The van der Waals surface area contributed by atoms with E-state index >= 15 is 0 Å². The molecule has 2 unspecified atom stereocenters. The molecule has 0 N–H and O–H groups in total. The van der Waals surface area contributed by atoms with E-state index in [-0.39, 0.29) is 18.8 Å². The Bertz CT molecular complexity index is 618. The summed E-state index contributed by atoms with van der Waals surface area (Å²) in [6.07, 6.45) is 6.99. The third kappa shape index (κ3) is 4.68. The quantitative estimate of drug-likeness (QED) is 0.688. The van der Waals surface area contributed by atoms with Gasteiger partial charge in [-0.3, -0.25) is 4.98 Å². The second-order valence-electron chi connectivity index (χ2n) is 7.87. The van der Waals surface area contributed by atoms with Crippen LogP contribution in [0.5, 0.6) is 0 Å². The fraction of sp³-hybridized carbons (Fsp3) is 0.650. The van der Waals surface area contributed by atoms with Crippen LogP contribution in [0.15, 0.2) is 18.3 Å². The summed E-state index contributed by atoms with van der Waals surface area (Å²) in [5.41, 5.74) is 2.77. The van der Waals surface area contributed by atoms with Crippen LogP contribution in [-0.4, -0.2) is 19.0 Å². The predicted octanol–water partition coefficient (Wildman–Crippen LogP) is 5.16. The zero-order valence-electron chi connectivity index (χ0n) is 14.7. The number of alkyl halides is 3. The van der Waals surface area contributed by atoms with Crippen LogP contribution in [-0.2, 0) is 0 Å². The Morgan fingerprint density at radius 1 is 1.12 bits per heavy atom. The molecule has 1 aromatic rings. The van der Waals surface area contributed by atoms with Crippen molar-refractivity contribution in [3.63, 3.8) is 0 Å². The summed E-state index contributed by atoms with van der Waals surface area (Å²) in [4.78, 5) is 4.58. The van der Waals surface area contributed by atoms with Gasteiger partial charge in [-0.05, 0) is 55.9 Å². The highest BCUT2D eigenvalue weighted by atomic mass is 19.4. The van der Waals surface area contributed by atoms with E-state index in [0.717, 1.165) is 30.0 Å². The molecular formula is C20H25BF3N. The van der Waals surface area contributed by atoms with Gasteiger partial charge in [0.15, 0.2) is 0 Å². The van der Waals surface area contributed by atoms with Gasteiger partial charge in [-0.15, -0.1) is 0 Å². The summed E-state index contributed by atoms with van der Waals surface area (Å²) >= 11 is 0. The Labute approximate surface area is 149 Å². The average molecular weight is 347 g/mol. The lowest BCUT2D eigenvalue weighted by molar-refractivity contribution is -0.183. The molecule has 2 atom stereocenters. The van der Waals surface area contributed by atoms with Crippen molar-refractivity contribution < 1.29 is 13.2 Å². The molecule has 0 aromatic carbocycles. The third-order valence-corrected chi connectivity index (χ3v) is 5.83. The van der Waals surface area contributed by atoms with Crippen molar-refractivity contribution in [3.8, 4) is 0 Å². The summed E-state index contributed by atoms with van der Waals surface area (Å²) < 4.78 is 38.3. The molecule has 1 aromatic heterocycles. The van der Waals surface area contributed by atoms with Gasteiger partial charge < -0.3 is 0 Å².